The van der Waals surface area contributed by atoms with Gasteiger partial charge >= 0.3 is 0 Å². The summed E-state index contributed by atoms with van der Waals surface area (Å²) in [5.41, 5.74) is 0.662. The molecule has 1 N–H and O–H groups in total. The van der Waals surface area contributed by atoms with E-state index in [2.05, 4.69) is 4.98 Å². The Morgan fingerprint density at radius 3 is 2.38 bits per heavy atom. The molecule has 0 fully saturated rings. The predicted molar refractivity (Wildman–Crippen MR) is 57.9 cm³/mol. The van der Waals surface area contributed by atoms with Crippen LogP contribution in [0, 0.1) is 0 Å². The van der Waals surface area contributed by atoms with Crippen LogP contribution < -0.4 is 0 Å². The second-order valence-electron chi connectivity index (χ2n) is 2.35. The molecule has 0 saturated carbocycles. The van der Waals surface area contributed by atoms with Gasteiger partial charge in [-0.2, -0.15) is 0 Å². The molecule has 70 valence electrons. The van der Waals surface area contributed by atoms with Crippen LogP contribution in [0.15, 0.2) is 36.5 Å². The quantitative estimate of drug-likeness (QED) is 0.737. The van der Waals surface area contributed by atoms with Crippen molar-refractivity contribution in [2.45, 2.75) is 0 Å². The lowest BCUT2D eigenvalue weighted by molar-refractivity contribution is 0.480. The molecule has 0 saturated heterocycles. The number of aromatic nitrogens is 1. The molecule has 0 bridgehead atoms. The van der Waals surface area contributed by atoms with Gasteiger partial charge in [0.05, 0.1) is 0 Å². The van der Waals surface area contributed by atoms with Crippen molar-refractivity contribution in [2.24, 2.45) is 0 Å². The van der Waals surface area contributed by atoms with Gasteiger partial charge in [-0.1, -0.05) is 18.2 Å². The van der Waals surface area contributed by atoms with Crippen molar-refractivity contribution in [3.63, 3.8) is 0 Å². The van der Waals surface area contributed by atoms with E-state index in [-0.39, 0.29) is 30.6 Å². The van der Waals surface area contributed by atoms with E-state index in [0.29, 0.717) is 5.52 Å². The van der Waals surface area contributed by atoms with Crippen LogP contribution >= 0.6 is 24.8 Å². The van der Waals surface area contributed by atoms with Crippen LogP contribution in [0.25, 0.3) is 10.9 Å². The zero-order chi connectivity index (χ0) is 7.68. The van der Waals surface area contributed by atoms with E-state index in [1.54, 1.807) is 18.3 Å². The maximum Gasteiger partial charge on any atom is 0.141 e. The average Bonchev–Trinajstić information content (AvgIpc) is 2.06. The average molecular weight is 218 g/mol. The third kappa shape index (κ3) is 2.23. The highest BCUT2D eigenvalue weighted by atomic mass is 35.5. The summed E-state index contributed by atoms with van der Waals surface area (Å²) in [5.74, 6) is 0.239. The molecule has 1 aromatic carbocycles. The fraction of sp³-hybridized carbons (Fsp3) is 0. The molecule has 1 aromatic heterocycles. The van der Waals surface area contributed by atoms with Crippen molar-refractivity contribution in [1.82, 2.24) is 4.98 Å². The number of nitrogens with zero attached hydrogens (tertiary/aromatic N) is 1. The van der Waals surface area contributed by atoms with E-state index in [1.807, 2.05) is 18.2 Å². The smallest absolute Gasteiger partial charge is 0.141 e. The minimum absolute atomic E-state index is 0. The van der Waals surface area contributed by atoms with Crippen molar-refractivity contribution >= 4 is 35.7 Å². The first-order valence-corrected chi connectivity index (χ1v) is 3.40. The molecule has 0 aliphatic heterocycles. The Bertz CT molecular complexity index is 387. The highest BCUT2D eigenvalue weighted by Gasteiger charge is 1.96. The summed E-state index contributed by atoms with van der Waals surface area (Å²) in [5, 5.41) is 10.3. The highest BCUT2D eigenvalue weighted by molar-refractivity contribution is 5.85. The van der Waals surface area contributed by atoms with Gasteiger partial charge in [-0.3, -0.25) is 4.98 Å². The normalized spacial score (nSPS) is 8.62. The van der Waals surface area contributed by atoms with Gasteiger partial charge in [0.1, 0.15) is 11.3 Å². The molecule has 13 heavy (non-hydrogen) atoms. The summed E-state index contributed by atoms with van der Waals surface area (Å²) < 4.78 is 0. The van der Waals surface area contributed by atoms with E-state index in [9.17, 15) is 5.11 Å². The summed E-state index contributed by atoms with van der Waals surface area (Å²) >= 11 is 0. The van der Waals surface area contributed by atoms with Gasteiger partial charge in [0.15, 0.2) is 0 Å². The fourth-order valence-corrected chi connectivity index (χ4v) is 1.09. The van der Waals surface area contributed by atoms with Crippen LogP contribution in [0.1, 0.15) is 0 Å². The van der Waals surface area contributed by atoms with E-state index in [4.69, 9.17) is 0 Å². The summed E-state index contributed by atoms with van der Waals surface area (Å²) in [6, 6.07) is 9.13. The van der Waals surface area contributed by atoms with Crippen LogP contribution in [-0.2, 0) is 0 Å². The van der Waals surface area contributed by atoms with E-state index in [1.165, 1.54) is 0 Å². The first kappa shape index (κ1) is 12.0. The number of hydrogen-bond donors (Lipinski definition) is 1. The van der Waals surface area contributed by atoms with Crippen molar-refractivity contribution < 1.29 is 5.11 Å². The first-order valence-electron chi connectivity index (χ1n) is 3.40. The van der Waals surface area contributed by atoms with Crippen molar-refractivity contribution in [1.29, 1.82) is 0 Å². The zero-order valence-corrected chi connectivity index (χ0v) is 8.31. The van der Waals surface area contributed by atoms with Crippen molar-refractivity contribution in [3.8, 4) is 5.75 Å². The predicted octanol–water partition coefficient (Wildman–Crippen LogP) is 2.78. The van der Waals surface area contributed by atoms with E-state index < -0.39 is 0 Å². The Hall–Kier alpha value is -0.990. The third-order valence-corrected chi connectivity index (χ3v) is 1.61. The van der Waals surface area contributed by atoms with E-state index >= 15 is 0 Å². The van der Waals surface area contributed by atoms with Gasteiger partial charge in [-0.15, -0.1) is 24.8 Å². The lowest BCUT2D eigenvalue weighted by Gasteiger charge is -1.96. The molecule has 0 atom stereocenters. The number of hydrogen-bond acceptors (Lipinski definition) is 2. The van der Waals surface area contributed by atoms with Crippen LogP contribution in [0.5, 0.6) is 5.75 Å². The molecule has 1 heterocycles. The van der Waals surface area contributed by atoms with Crippen molar-refractivity contribution in [3.05, 3.63) is 36.5 Å². The topological polar surface area (TPSA) is 33.1 Å². The molecule has 0 spiro atoms. The minimum atomic E-state index is 0. The van der Waals surface area contributed by atoms with E-state index in [0.717, 1.165) is 5.39 Å². The summed E-state index contributed by atoms with van der Waals surface area (Å²) in [7, 11) is 0. The second kappa shape index (κ2) is 4.90. The number of phenols is 1. The largest absolute Gasteiger partial charge is 0.506 e. The standard InChI is InChI=1S/C9H7NO.2ClH/c11-8-5-1-3-7-4-2-6-10-9(7)8;;/h1-6,11H;2*1H. The molecule has 4 heteroatoms. The number of para-hydroxylation sites is 1. The summed E-state index contributed by atoms with van der Waals surface area (Å²) in [6.45, 7) is 0. The van der Waals surface area contributed by atoms with Gasteiger partial charge in [0, 0.05) is 11.6 Å². The van der Waals surface area contributed by atoms with Crippen LogP contribution in [-0.4, -0.2) is 10.1 Å². The molecule has 0 unspecified atom stereocenters. The molecule has 0 amide bonds. The van der Waals surface area contributed by atoms with Crippen LogP contribution in [0.4, 0.5) is 0 Å². The Morgan fingerprint density at radius 1 is 1.00 bits per heavy atom. The van der Waals surface area contributed by atoms with Gasteiger partial charge in [0.25, 0.3) is 0 Å². The Morgan fingerprint density at radius 2 is 1.69 bits per heavy atom. The third-order valence-electron chi connectivity index (χ3n) is 1.61. The number of benzene rings is 1. The Balaban J connectivity index is 0.000000720. The van der Waals surface area contributed by atoms with Crippen molar-refractivity contribution in [2.75, 3.05) is 0 Å². The molecule has 0 aliphatic rings. The van der Waals surface area contributed by atoms with Crippen LogP contribution in [0.2, 0.25) is 0 Å². The van der Waals surface area contributed by atoms with Gasteiger partial charge in [-0.25, -0.2) is 0 Å². The highest BCUT2D eigenvalue weighted by Crippen LogP contribution is 2.20. The SMILES string of the molecule is Cl.Cl.Oc1cccc2cccnc12. The summed E-state index contributed by atoms with van der Waals surface area (Å²) in [4.78, 5) is 4.03. The molecule has 2 nitrogen and oxygen atoms in total. The number of fused-ring (bicyclic) bond motifs is 1. The maximum absolute atomic E-state index is 9.31. The number of aromatic hydroxyl groups is 1. The lowest BCUT2D eigenvalue weighted by atomic mass is 10.2. The monoisotopic (exact) mass is 217 g/mol. The minimum Gasteiger partial charge on any atom is -0.506 e. The molecule has 2 rings (SSSR count). The number of halogens is 2. The van der Waals surface area contributed by atoms with Gasteiger partial charge in [-0.05, 0) is 12.1 Å². The number of rotatable bonds is 0. The molecule has 0 radical (unpaired) electrons. The molecule has 2 aromatic rings. The maximum atomic E-state index is 9.31. The molecular weight excluding hydrogens is 209 g/mol. The Kier molecular flexibility index (Phi) is 4.52. The Labute approximate surface area is 88.4 Å². The fourth-order valence-electron chi connectivity index (χ4n) is 1.09. The summed E-state index contributed by atoms with van der Waals surface area (Å²) in [6.07, 6.45) is 1.67. The number of phenolic OH excluding ortho intramolecular Hbond substituents is 1. The molecule has 0 aliphatic carbocycles. The second-order valence-corrected chi connectivity index (χ2v) is 2.35. The van der Waals surface area contributed by atoms with Crippen LogP contribution in [0.3, 0.4) is 0 Å². The van der Waals surface area contributed by atoms with Gasteiger partial charge < -0.3 is 5.11 Å². The first-order chi connectivity index (χ1) is 5.38. The lowest BCUT2D eigenvalue weighted by Crippen LogP contribution is -1.76. The number of pyridine rings is 1. The van der Waals surface area contributed by atoms with Gasteiger partial charge in [0.2, 0.25) is 0 Å². The molecular formula is C9H9Cl2NO. The zero-order valence-electron chi connectivity index (χ0n) is 6.68.